The molecular formula is C9H10N2O2S3. The number of rotatable bonds is 4. The molecule has 0 unspecified atom stereocenters. The lowest BCUT2D eigenvalue weighted by atomic mass is 10.2. The first-order valence-corrected chi connectivity index (χ1v) is 6.99. The largest absolute Gasteiger partial charge is 0.477 e. The van der Waals surface area contributed by atoms with Gasteiger partial charge in [-0.1, -0.05) is 12.2 Å². The maximum atomic E-state index is 10.6. The quantitative estimate of drug-likeness (QED) is 0.668. The monoisotopic (exact) mass is 274 g/mol. The van der Waals surface area contributed by atoms with Crippen molar-refractivity contribution in [3.63, 3.8) is 0 Å². The topological polar surface area (TPSA) is 53.4 Å². The van der Waals surface area contributed by atoms with Crippen molar-refractivity contribution in [3.05, 3.63) is 29.6 Å². The summed E-state index contributed by atoms with van der Waals surface area (Å²) in [5.74, 6) is -1.04. The molecule has 0 fully saturated rings. The Bertz CT molecular complexity index is 390. The molecule has 1 rings (SSSR count). The molecule has 16 heavy (non-hydrogen) atoms. The highest BCUT2D eigenvalue weighted by Gasteiger charge is 2.11. The van der Waals surface area contributed by atoms with Gasteiger partial charge in [-0.05, 0) is 36.0 Å². The van der Waals surface area contributed by atoms with Crippen LogP contribution < -0.4 is 0 Å². The van der Waals surface area contributed by atoms with Crippen molar-refractivity contribution in [2.75, 3.05) is 12.5 Å². The second kappa shape index (κ2) is 6.07. The minimum Gasteiger partial charge on any atom is -0.477 e. The van der Waals surface area contributed by atoms with Crippen molar-refractivity contribution >= 4 is 47.1 Å². The molecule has 0 bridgehead atoms. The predicted molar refractivity (Wildman–Crippen MR) is 71.8 cm³/mol. The summed E-state index contributed by atoms with van der Waals surface area (Å²) >= 11 is 8.23. The van der Waals surface area contributed by atoms with Crippen molar-refractivity contribution in [1.82, 2.24) is 8.69 Å². The van der Waals surface area contributed by atoms with E-state index in [4.69, 9.17) is 17.3 Å². The van der Waals surface area contributed by atoms with Crippen molar-refractivity contribution in [2.24, 2.45) is 0 Å². The van der Waals surface area contributed by atoms with Gasteiger partial charge in [0.1, 0.15) is 10.7 Å². The fraction of sp³-hybridized carbons (Fsp3) is 0.222. The fourth-order valence-electron chi connectivity index (χ4n) is 0.993. The Kier molecular flexibility index (Phi) is 5.04. The van der Waals surface area contributed by atoms with Gasteiger partial charge in [-0.25, -0.2) is 13.5 Å². The molecule has 4 nitrogen and oxygen atoms in total. The minimum absolute atomic E-state index is 0.0198. The first kappa shape index (κ1) is 13.3. The molecule has 0 aliphatic rings. The van der Waals surface area contributed by atoms with E-state index in [1.165, 1.54) is 36.2 Å². The van der Waals surface area contributed by atoms with E-state index in [1.807, 2.05) is 16.2 Å². The normalized spacial score (nSPS) is 9.88. The van der Waals surface area contributed by atoms with Crippen LogP contribution >= 0.6 is 36.1 Å². The van der Waals surface area contributed by atoms with Crippen molar-refractivity contribution in [1.29, 1.82) is 0 Å². The predicted octanol–water partition coefficient (Wildman–Crippen LogP) is 2.31. The highest BCUT2D eigenvalue weighted by atomic mass is 32.2. The number of carboxylic acid groups (broad SMARTS) is 1. The van der Waals surface area contributed by atoms with Crippen LogP contribution in [0.1, 0.15) is 16.1 Å². The van der Waals surface area contributed by atoms with Gasteiger partial charge < -0.3 is 5.11 Å². The van der Waals surface area contributed by atoms with Gasteiger partial charge in [0.2, 0.25) is 0 Å². The number of carbonyl (C=O) groups is 1. The zero-order chi connectivity index (χ0) is 12.1. The number of aromatic nitrogens is 1. The average molecular weight is 274 g/mol. The van der Waals surface area contributed by atoms with Crippen LogP contribution in [0.25, 0.3) is 0 Å². The minimum atomic E-state index is -1.04. The summed E-state index contributed by atoms with van der Waals surface area (Å²) in [4.78, 5) is 15.1. The summed E-state index contributed by atoms with van der Waals surface area (Å²) in [6, 6.07) is 3.11. The van der Waals surface area contributed by atoms with Gasteiger partial charge in [0.05, 0.1) is 0 Å². The van der Waals surface area contributed by atoms with E-state index >= 15 is 0 Å². The molecule has 0 saturated heterocycles. The van der Waals surface area contributed by atoms with Crippen LogP contribution in [0.2, 0.25) is 0 Å². The van der Waals surface area contributed by atoms with Crippen LogP contribution in [0.3, 0.4) is 0 Å². The Morgan fingerprint density at radius 2 is 2.06 bits per heavy atom. The van der Waals surface area contributed by atoms with Crippen LogP contribution in [0.5, 0.6) is 0 Å². The van der Waals surface area contributed by atoms with E-state index in [0.29, 0.717) is 4.99 Å². The average Bonchev–Trinajstić information content (AvgIpc) is 2.30. The summed E-state index contributed by atoms with van der Waals surface area (Å²) in [5, 5.41) is 8.70. The second-order valence-electron chi connectivity index (χ2n) is 2.66. The Balaban J connectivity index is 2.89. The van der Waals surface area contributed by atoms with Crippen molar-refractivity contribution < 1.29 is 9.90 Å². The number of aromatic carboxylic acids is 1. The molecule has 1 N–H and O–H groups in total. The van der Waals surface area contributed by atoms with Crippen LogP contribution in [-0.2, 0) is 0 Å². The lowest BCUT2D eigenvalue weighted by molar-refractivity contribution is 0.0690. The van der Waals surface area contributed by atoms with Gasteiger partial charge in [0.15, 0.2) is 0 Å². The number of hydrogen-bond acceptors (Lipinski definition) is 5. The third kappa shape index (κ3) is 3.10. The second-order valence-corrected chi connectivity index (χ2v) is 4.74. The van der Waals surface area contributed by atoms with Gasteiger partial charge in [-0.15, -0.1) is 0 Å². The highest BCUT2D eigenvalue weighted by molar-refractivity contribution is 8.13. The molecule has 0 spiro atoms. The Hall–Kier alpha value is -0.790. The molecule has 86 valence electrons. The number of thiocarbonyl (C=S) groups is 1. The van der Waals surface area contributed by atoms with Gasteiger partial charge in [-0.3, -0.25) is 0 Å². The smallest absolute Gasteiger partial charge is 0.354 e. The summed E-state index contributed by atoms with van der Waals surface area (Å²) in [7, 11) is 0. The standard InChI is InChI=1S/C9H10N2O2S3/c1-15-11(16-2)8(14)6-3-4-7(9(12)13)10-5-6/h3-5H,1-2H3,(H,12,13). The van der Waals surface area contributed by atoms with E-state index in [1.54, 1.807) is 6.07 Å². The van der Waals surface area contributed by atoms with Gasteiger partial charge in [0, 0.05) is 24.3 Å². The zero-order valence-electron chi connectivity index (χ0n) is 8.71. The van der Waals surface area contributed by atoms with E-state index in [9.17, 15) is 4.79 Å². The number of pyridine rings is 1. The first-order valence-electron chi connectivity index (χ1n) is 4.22. The number of carboxylic acids is 1. The fourth-order valence-corrected chi connectivity index (χ4v) is 2.70. The van der Waals surface area contributed by atoms with E-state index in [-0.39, 0.29) is 5.69 Å². The third-order valence-electron chi connectivity index (χ3n) is 1.73. The Morgan fingerprint density at radius 1 is 1.44 bits per heavy atom. The summed E-state index contributed by atoms with van der Waals surface area (Å²) in [5.41, 5.74) is 0.759. The SMILES string of the molecule is CSN(SC)C(=S)c1ccc(C(=O)O)nc1. The molecule has 0 radical (unpaired) electrons. The number of nitrogens with zero attached hydrogens (tertiary/aromatic N) is 2. The van der Waals surface area contributed by atoms with Crippen molar-refractivity contribution in [2.45, 2.75) is 0 Å². The van der Waals surface area contributed by atoms with Gasteiger partial charge >= 0.3 is 5.97 Å². The van der Waals surface area contributed by atoms with Crippen LogP contribution in [0, 0.1) is 0 Å². The summed E-state index contributed by atoms with van der Waals surface area (Å²) in [6.45, 7) is 0. The van der Waals surface area contributed by atoms with E-state index in [0.717, 1.165) is 5.56 Å². The molecule has 1 aromatic rings. The third-order valence-corrected chi connectivity index (χ3v) is 4.30. The molecule has 0 aliphatic carbocycles. The highest BCUT2D eigenvalue weighted by Crippen LogP contribution is 2.21. The molecule has 7 heteroatoms. The Labute approximate surface area is 108 Å². The zero-order valence-corrected chi connectivity index (χ0v) is 11.2. The van der Waals surface area contributed by atoms with Crippen LogP contribution in [-0.4, -0.2) is 37.3 Å². The lowest BCUT2D eigenvalue weighted by Gasteiger charge is -2.18. The Morgan fingerprint density at radius 3 is 2.44 bits per heavy atom. The molecule has 1 heterocycles. The molecule has 0 aliphatic heterocycles. The van der Waals surface area contributed by atoms with E-state index in [2.05, 4.69) is 4.98 Å². The maximum absolute atomic E-state index is 10.6. The van der Waals surface area contributed by atoms with Crippen LogP contribution in [0.15, 0.2) is 18.3 Å². The molecule has 0 amide bonds. The maximum Gasteiger partial charge on any atom is 0.354 e. The molecule has 1 aromatic heterocycles. The first-order chi connectivity index (χ1) is 7.60. The van der Waals surface area contributed by atoms with Gasteiger partial charge in [-0.2, -0.15) is 0 Å². The molecular weight excluding hydrogens is 264 g/mol. The number of hydrogen-bond donors (Lipinski definition) is 1. The lowest BCUT2D eigenvalue weighted by Crippen LogP contribution is -2.15. The molecule has 0 atom stereocenters. The van der Waals surface area contributed by atoms with Crippen LogP contribution in [0.4, 0.5) is 0 Å². The summed E-state index contributed by atoms with van der Waals surface area (Å²) < 4.78 is 1.85. The van der Waals surface area contributed by atoms with Crippen molar-refractivity contribution in [3.8, 4) is 0 Å². The summed E-state index contributed by atoms with van der Waals surface area (Å²) in [6.07, 6.45) is 5.31. The molecule has 0 aromatic carbocycles. The van der Waals surface area contributed by atoms with E-state index < -0.39 is 5.97 Å². The molecule has 0 saturated carbocycles. The van der Waals surface area contributed by atoms with Gasteiger partial charge in [0.25, 0.3) is 0 Å².